The van der Waals surface area contributed by atoms with Crippen molar-refractivity contribution in [3.05, 3.63) is 36.4 Å². The molecule has 1 atom stereocenters. The molecule has 0 aromatic heterocycles. The average Bonchev–Trinajstić information content (AvgIpc) is 2.66. The van der Waals surface area contributed by atoms with E-state index in [0.29, 0.717) is 25.3 Å². The average molecular weight is 357 g/mol. The van der Waals surface area contributed by atoms with Crippen LogP contribution in [-0.4, -0.2) is 31.1 Å². The lowest BCUT2D eigenvalue weighted by atomic mass is 9.95. The summed E-state index contributed by atoms with van der Waals surface area (Å²) >= 11 is 0. The predicted molar refractivity (Wildman–Crippen MR) is 101 cm³/mol. The molecule has 3 amide bonds. The van der Waals surface area contributed by atoms with Crippen LogP contribution in [-0.2, 0) is 11.2 Å². The fourth-order valence-electron chi connectivity index (χ4n) is 3.56. The van der Waals surface area contributed by atoms with Crippen LogP contribution in [0.25, 0.3) is 0 Å². The highest BCUT2D eigenvalue weighted by atomic mass is 16.5. The molecule has 0 spiro atoms. The molecule has 2 aliphatic rings. The molecule has 6 nitrogen and oxygen atoms in total. The van der Waals surface area contributed by atoms with Crippen molar-refractivity contribution in [3.8, 4) is 5.75 Å². The monoisotopic (exact) mass is 357 g/mol. The van der Waals surface area contributed by atoms with Crippen molar-refractivity contribution in [2.24, 2.45) is 5.92 Å². The maximum atomic E-state index is 12.2. The summed E-state index contributed by atoms with van der Waals surface area (Å²) in [5, 5.41) is 8.75. The highest BCUT2D eigenvalue weighted by molar-refractivity contribution is 5.89. The molecule has 3 rings (SSSR count). The smallest absolute Gasteiger partial charge is 0.319 e. The van der Waals surface area contributed by atoms with Crippen LogP contribution in [0.3, 0.4) is 0 Å². The lowest BCUT2D eigenvalue weighted by Gasteiger charge is -2.25. The fourth-order valence-corrected chi connectivity index (χ4v) is 3.56. The van der Waals surface area contributed by atoms with Gasteiger partial charge in [-0.2, -0.15) is 0 Å². The normalized spacial score (nSPS) is 19.6. The number of carbonyl (C=O) groups is 2. The van der Waals surface area contributed by atoms with Gasteiger partial charge >= 0.3 is 6.03 Å². The van der Waals surface area contributed by atoms with E-state index in [-0.39, 0.29) is 23.9 Å². The van der Waals surface area contributed by atoms with Crippen LogP contribution in [0, 0.1) is 5.92 Å². The van der Waals surface area contributed by atoms with Crippen LogP contribution >= 0.6 is 0 Å². The molecule has 1 heterocycles. The maximum Gasteiger partial charge on any atom is 0.319 e. The molecule has 0 bridgehead atoms. The number of carbonyl (C=O) groups excluding carboxylic acids is 2. The Bertz CT molecular complexity index is 668. The van der Waals surface area contributed by atoms with Gasteiger partial charge in [0.15, 0.2) is 0 Å². The van der Waals surface area contributed by atoms with Crippen LogP contribution in [0.5, 0.6) is 5.75 Å². The van der Waals surface area contributed by atoms with E-state index < -0.39 is 0 Å². The van der Waals surface area contributed by atoms with Crippen LogP contribution in [0.2, 0.25) is 0 Å². The third-order valence-corrected chi connectivity index (χ3v) is 4.96. The van der Waals surface area contributed by atoms with Crippen molar-refractivity contribution in [2.75, 3.05) is 18.5 Å². The highest BCUT2D eigenvalue weighted by Crippen LogP contribution is 2.30. The molecular weight excluding hydrogens is 330 g/mol. The second kappa shape index (κ2) is 8.74. The zero-order valence-corrected chi connectivity index (χ0v) is 15.1. The molecule has 6 heteroatoms. The molecule has 0 unspecified atom stereocenters. The number of nitrogens with one attached hydrogen (secondary N) is 3. The summed E-state index contributed by atoms with van der Waals surface area (Å²) in [7, 11) is 0. The Labute approximate surface area is 154 Å². The number of urea groups is 1. The van der Waals surface area contributed by atoms with Crippen LogP contribution < -0.4 is 20.7 Å². The van der Waals surface area contributed by atoms with Gasteiger partial charge in [0.1, 0.15) is 12.4 Å². The van der Waals surface area contributed by atoms with Gasteiger partial charge in [-0.1, -0.05) is 25.3 Å². The Morgan fingerprint density at radius 2 is 2.04 bits per heavy atom. The van der Waals surface area contributed by atoms with Crippen molar-refractivity contribution in [3.63, 3.8) is 0 Å². The summed E-state index contributed by atoms with van der Waals surface area (Å²) in [5.74, 6) is 0.508. The second-order valence-electron chi connectivity index (χ2n) is 7.00. The largest absolute Gasteiger partial charge is 0.492 e. The Morgan fingerprint density at radius 1 is 1.23 bits per heavy atom. The third-order valence-electron chi connectivity index (χ3n) is 4.96. The first kappa shape index (κ1) is 18.3. The van der Waals surface area contributed by atoms with E-state index in [1.807, 2.05) is 18.2 Å². The first-order chi connectivity index (χ1) is 12.7. The Morgan fingerprint density at radius 3 is 2.81 bits per heavy atom. The Balaban J connectivity index is 1.58. The molecule has 1 saturated carbocycles. The van der Waals surface area contributed by atoms with Crippen molar-refractivity contribution >= 4 is 17.6 Å². The van der Waals surface area contributed by atoms with Crippen molar-refractivity contribution in [1.82, 2.24) is 10.6 Å². The van der Waals surface area contributed by atoms with E-state index in [0.717, 1.165) is 24.2 Å². The zero-order chi connectivity index (χ0) is 18.4. The van der Waals surface area contributed by atoms with Gasteiger partial charge in [0, 0.05) is 18.3 Å². The molecule has 1 aromatic rings. The van der Waals surface area contributed by atoms with Crippen LogP contribution in [0.1, 0.15) is 37.7 Å². The molecule has 140 valence electrons. The summed E-state index contributed by atoms with van der Waals surface area (Å²) in [5.41, 5.74) is 1.65. The molecular formula is C20H27N3O3. The lowest BCUT2D eigenvalue weighted by Crippen LogP contribution is -2.39. The number of benzene rings is 1. The third kappa shape index (κ3) is 4.77. The van der Waals surface area contributed by atoms with E-state index in [1.54, 1.807) is 6.08 Å². The van der Waals surface area contributed by atoms with Gasteiger partial charge in [0.25, 0.3) is 0 Å². The van der Waals surface area contributed by atoms with E-state index in [2.05, 4.69) is 22.5 Å². The lowest BCUT2D eigenvalue weighted by molar-refractivity contribution is -0.126. The number of anilines is 1. The molecule has 1 aliphatic carbocycles. The Kier molecular flexibility index (Phi) is 6.15. The number of hydrogen-bond donors (Lipinski definition) is 3. The molecule has 0 saturated heterocycles. The summed E-state index contributed by atoms with van der Waals surface area (Å²) in [6, 6.07) is 5.67. The van der Waals surface area contributed by atoms with Gasteiger partial charge in [-0.05, 0) is 43.0 Å². The SMILES string of the molecule is C=CCNC(=O)[C@@H]1COc2ccc(NC(=O)NC3CCCCC3)cc2C1. The zero-order valence-electron chi connectivity index (χ0n) is 15.1. The highest BCUT2D eigenvalue weighted by Gasteiger charge is 2.26. The number of amides is 3. The predicted octanol–water partition coefficient (Wildman–Crippen LogP) is 2.99. The first-order valence-corrected chi connectivity index (χ1v) is 9.37. The second-order valence-corrected chi connectivity index (χ2v) is 7.00. The van der Waals surface area contributed by atoms with Crippen LogP contribution in [0.4, 0.5) is 10.5 Å². The molecule has 3 N–H and O–H groups in total. The number of hydrogen-bond acceptors (Lipinski definition) is 3. The van der Waals surface area contributed by atoms with Crippen molar-refractivity contribution in [2.45, 2.75) is 44.6 Å². The first-order valence-electron chi connectivity index (χ1n) is 9.37. The molecule has 1 aromatic carbocycles. The maximum absolute atomic E-state index is 12.2. The quantitative estimate of drug-likeness (QED) is 0.709. The fraction of sp³-hybridized carbons (Fsp3) is 0.500. The number of fused-ring (bicyclic) bond motifs is 1. The van der Waals surface area contributed by atoms with Gasteiger partial charge in [-0.15, -0.1) is 6.58 Å². The van der Waals surface area contributed by atoms with E-state index in [4.69, 9.17) is 4.74 Å². The summed E-state index contributed by atoms with van der Waals surface area (Å²) in [4.78, 5) is 24.3. The molecule has 1 aliphatic heterocycles. The minimum atomic E-state index is -0.228. The summed E-state index contributed by atoms with van der Waals surface area (Å²) < 4.78 is 5.70. The van der Waals surface area contributed by atoms with E-state index >= 15 is 0 Å². The summed E-state index contributed by atoms with van der Waals surface area (Å²) in [6.45, 7) is 4.42. The van der Waals surface area contributed by atoms with Gasteiger partial charge in [-0.3, -0.25) is 4.79 Å². The van der Waals surface area contributed by atoms with Gasteiger partial charge in [0.2, 0.25) is 5.91 Å². The van der Waals surface area contributed by atoms with Gasteiger partial charge in [-0.25, -0.2) is 4.79 Å². The van der Waals surface area contributed by atoms with Crippen molar-refractivity contribution < 1.29 is 14.3 Å². The molecule has 1 fully saturated rings. The summed E-state index contributed by atoms with van der Waals surface area (Å²) in [6.07, 6.45) is 7.96. The van der Waals surface area contributed by atoms with Gasteiger partial charge in [0.05, 0.1) is 5.92 Å². The standard InChI is InChI=1S/C20H27N3O3/c1-2-10-21-19(24)15-11-14-12-17(8-9-18(14)26-13-15)23-20(25)22-16-6-4-3-5-7-16/h2,8-9,12,15-16H,1,3-7,10-11,13H2,(H,21,24)(H2,22,23,25)/t15-/m0/s1. The minimum Gasteiger partial charge on any atom is -0.492 e. The van der Waals surface area contributed by atoms with Crippen molar-refractivity contribution in [1.29, 1.82) is 0 Å². The number of rotatable bonds is 5. The van der Waals surface area contributed by atoms with Crippen LogP contribution in [0.15, 0.2) is 30.9 Å². The van der Waals surface area contributed by atoms with Gasteiger partial charge < -0.3 is 20.7 Å². The Hall–Kier alpha value is -2.50. The topological polar surface area (TPSA) is 79.5 Å². The van der Waals surface area contributed by atoms with E-state index in [1.165, 1.54) is 19.3 Å². The van der Waals surface area contributed by atoms with E-state index in [9.17, 15) is 9.59 Å². The molecule has 0 radical (unpaired) electrons. The number of ether oxygens (including phenoxy) is 1. The minimum absolute atomic E-state index is 0.0380. The molecule has 26 heavy (non-hydrogen) atoms.